The fraction of sp³-hybridized carbons (Fsp3) is 0.0526. The summed E-state index contributed by atoms with van der Waals surface area (Å²) in [7, 11) is 0. The van der Waals surface area contributed by atoms with Crippen molar-refractivity contribution in [2.24, 2.45) is 21.7 Å². The van der Waals surface area contributed by atoms with Gasteiger partial charge in [0, 0.05) is 17.3 Å². The zero-order chi connectivity index (χ0) is 18.5. The molecular formula is C19H18N6O. The molecular weight excluding hydrogens is 328 g/mol. The second kappa shape index (κ2) is 7.43. The first kappa shape index (κ1) is 17.1. The van der Waals surface area contributed by atoms with Crippen LogP contribution in [0.4, 0.5) is 5.69 Å². The quantitative estimate of drug-likeness (QED) is 0.382. The van der Waals surface area contributed by atoms with Gasteiger partial charge in [0.1, 0.15) is 5.69 Å². The van der Waals surface area contributed by atoms with Crippen LogP contribution in [0, 0.1) is 0 Å². The third-order valence-electron chi connectivity index (χ3n) is 3.74. The minimum atomic E-state index is -0.269. The van der Waals surface area contributed by atoms with Gasteiger partial charge in [0.05, 0.1) is 5.71 Å². The van der Waals surface area contributed by atoms with Crippen LogP contribution in [0.3, 0.4) is 0 Å². The Morgan fingerprint density at radius 2 is 1.69 bits per heavy atom. The number of pyridine rings is 1. The molecule has 0 radical (unpaired) electrons. The van der Waals surface area contributed by atoms with Crippen LogP contribution < -0.4 is 16.8 Å². The van der Waals surface area contributed by atoms with Crippen molar-refractivity contribution < 1.29 is 4.79 Å². The van der Waals surface area contributed by atoms with E-state index in [0.717, 1.165) is 16.3 Å². The maximum Gasteiger partial charge on any atom is 0.274 e. The number of carbonyl (C=O) groups excluding carboxylic acids is 1. The lowest BCUT2D eigenvalue weighted by atomic mass is 10.1. The largest absolute Gasteiger partial charge is 0.369 e. The van der Waals surface area contributed by atoms with E-state index in [0.29, 0.717) is 17.1 Å². The lowest BCUT2D eigenvalue weighted by molar-refractivity contribution is 0.102. The van der Waals surface area contributed by atoms with Crippen molar-refractivity contribution in [1.29, 1.82) is 0 Å². The molecule has 0 saturated heterocycles. The van der Waals surface area contributed by atoms with Crippen LogP contribution in [-0.4, -0.2) is 22.6 Å². The molecule has 130 valence electrons. The first-order valence-corrected chi connectivity index (χ1v) is 7.93. The number of hydrogen-bond donors (Lipinski definition) is 3. The Morgan fingerprint density at radius 3 is 2.38 bits per heavy atom. The van der Waals surface area contributed by atoms with E-state index in [2.05, 4.69) is 20.5 Å². The molecule has 0 spiro atoms. The Hall–Kier alpha value is -3.74. The molecule has 7 heteroatoms. The van der Waals surface area contributed by atoms with E-state index < -0.39 is 0 Å². The Kier molecular flexibility index (Phi) is 4.89. The van der Waals surface area contributed by atoms with Crippen molar-refractivity contribution in [2.75, 3.05) is 5.32 Å². The summed E-state index contributed by atoms with van der Waals surface area (Å²) >= 11 is 0. The molecule has 1 heterocycles. The number of aromatic nitrogens is 1. The van der Waals surface area contributed by atoms with Gasteiger partial charge >= 0.3 is 0 Å². The number of nitrogens with one attached hydrogen (secondary N) is 1. The number of nitrogens with two attached hydrogens (primary N) is 2. The van der Waals surface area contributed by atoms with Gasteiger partial charge in [-0.2, -0.15) is 5.10 Å². The maximum atomic E-state index is 12.4. The van der Waals surface area contributed by atoms with E-state index in [1.165, 1.54) is 0 Å². The Morgan fingerprint density at radius 1 is 1.00 bits per heavy atom. The molecule has 0 unspecified atom stereocenters. The second-order valence-corrected chi connectivity index (χ2v) is 5.66. The molecule has 3 aromatic rings. The first-order chi connectivity index (χ1) is 12.5. The number of fused-ring (bicyclic) bond motifs is 1. The van der Waals surface area contributed by atoms with Gasteiger partial charge in [0.15, 0.2) is 0 Å². The van der Waals surface area contributed by atoms with Crippen molar-refractivity contribution in [3.8, 4) is 0 Å². The summed E-state index contributed by atoms with van der Waals surface area (Å²) in [6, 6.07) is 16.7. The number of hydrogen-bond acceptors (Lipinski definition) is 4. The number of guanidine groups is 1. The minimum absolute atomic E-state index is 0.101. The fourth-order valence-corrected chi connectivity index (χ4v) is 2.39. The molecule has 0 saturated carbocycles. The fourth-order valence-electron chi connectivity index (χ4n) is 2.39. The molecule has 5 N–H and O–H groups in total. The molecule has 0 bridgehead atoms. The minimum Gasteiger partial charge on any atom is -0.369 e. The molecule has 0 fully saturated rings. The van der Waals surface area contributed by atoms with E-state index >= 15 is 0 Å². The average molecular weight is 346 g/mol. The summed E-state index contributed by atoms with van der Waals surface area (Å²) in [5, 5.41) is 12.3. The third kappa shape index (κ3) is 4.02. The van der Waals surface area contributed by atoms with E-state index in [-0.39, 0.29) is 11.9 Å². The molecule has 0 aliphatic carbocycles. The van der Waals surface area contributed by atoms with Gasteiger partial charge in [-0.05, 0) is 36.1 Å². The lowest BCUT2D eigenvalue weighted by Crippen LogP contribution is -2.22. The summed E-state index contributed by atoms with van der Waals surface area (Å²) in [6.07, 6.45) is 1.69. The van der Waals surface area contributed by atoms with Crippen LogP contribution in [0.2, 0.25) is 0 Å². The van der Waals surface area contributed by atoms with Crippen LogP contribution in [0.5, 0.6) is 0 Å². The number of nitrogens with zero attached hydrogens (tertiary/aromatic N) is 3. The molecule has 2 aromatic carbocycles. The number of benzene rings is 2. The van der Waals surface area contributed by atoms with Gasteiger partial charge in [-0.3, -0.25) is 9.78 Å². The highest BCUT2D eigenvalue weighted by molar-refractivity contribution is 6.05. The summed E-state index contributed by atoms with van der Waals surface area (Å²) in [5.74, 6) is -0.370. The van der Waals surface area contributed by atoms with Gasteiger partial charge in [-0.15, -0.1) is 5.10 Å². The standard InChI is InChI=1S/C19H18N6O/c1-12(24-25-19(20)21)13-6-8-16(9-7-13)23-18(26)17-10-14-4-2-3-5-15(14)11-22-17/h2-11H,1H3,(H,23,26)(H4,20,21,25)/b24-12-. The average Bonchev–Trinajstić information content (AvgIpc) is 2.66. The predicted molar refractivity (Wildman–Crippen MR) is 104 cm³/mol. The molecule has 1 aromatic heterocycles. The zero-order valence-electron chi connectivity index (χ0n) is 14.2. The van der Waals surface area contributed by atoms with E-state index in [4.69, 9.17) is 11.5 Å². The highest BCUT2D eigenvalue weighted by Gasteiger charge is 2.09. The highest BCUT2D eigenvalue weighted by Crippen LogP contribution is 2.15. The monoisotopic (exact) mass is 346 g/mol. The van der Waals surface area contributed by atoms with Gasteiger partial charge in [-0.25, -0.2) is 0 Å². The van der Waals surface area contributed by atoms with Crippen LogP contribution in [0.15, 0.2) is 71.0 Å². The van der Waals surface area contributed by atoms with Crippen molar-refractivity contribution in [3.05, 3.63) is 72.1 Å². The topological polar surface area (TPSA) is 119 Å². The Balaban J connectivity index is 1.74. The van der Waals surface area contributed by atoms with Crippen molar-refractivity contribution in [3.63, 3.8) is 0 Å². The van der Waals surface area contributed by atoms with Gasteiger partial charge < -0.3 is 16.8 Å². The summed E-state index contributed by atoms with van der Waals surface area (Å²) in [4.78, 5) is 16.6. The second-order valence-electron chi connectivity index (χ2n) is 5.66. The van der Waals surface area contributed by atoms with Crippen molar-refractivity contribution >= 4 is 34.0 Å². The molecule has 0 aliphatic heterocycles. The van der Waals surface area contributed by atoms with Gasteiger partial charge in [-0.1, -0.05) is 36.4 Å². The Labute approximate surface area is 150 Å². The SMILES string of the molecule is C/C(=N/N=C(N)N)c1ccc(NC(=O)c2cc3ccccc3cn2)cc1. The number of amides is 1. The number of rotatable bonds is 4. The molecule has 7 nitrogen and oxygen atoms in total. The van der Waals surface area contributed by atoms with Gasteiger partial charge in [0.25, 0.3) is 5.91 Å². The van der Waals surface area contributed by atoms with E-state index in [9.17, 15) is 4.79 Å². The van der Waals surface area contributed by atoms with E-state index in [1.54, 1.807) is 31.3 Å². The molecule has 0 atom stereocenters. The normalized spacial score (nSPS) is 11.2. The smallest absolute Gasteiger partial charge is 0.274 e. The molecule has 26 heavy (non-hydrogen) atoms. The van der Waals surface area contributed by atoms with Crippen LogP contribution >= 0.6 is 0 Å². The molecule has 1 amide bonds. The van der Waals surface area contributed by atoms with Crippen molar-refractivity contribution in [1.82, 2.24) is 4.98 Å². The summed E-state index contributed by atoms with van der Waals surface area (Å²) < 4.78 is 0. The van der Waals surface area contributed by atoms with E-state index in [1.807, 2.05) is 36.4 Å². The number of carbonyl (C=O) groups is 1. The zero-order valence-corrected chi connectivity index (χ0v) is 14.2. The van der Waals surface area contributed by atoms with Crippen LogP contribution in [-0.2, 0) is 0 Å². The van der Waals surface area contributed by atoms with Crippen molar-refractivity contribution in [2.45, 2.75) is 6.92 Å². The van der Waals surface area contributed by atoms with Crippen LogP contribution in [0.25, 0.3) is 10.8 Å². The van der Waals surface area contributed by atoms with Crippen LogP contribution in [0.1, 0.15) is 23.0 Å². The summed E-state index contributed by atoms with van der Waals surface area (Å²) in [5.41, 5.74) is 13.0. The summed E-state index contributed by atoms with van der Waals surface area (Å²) in [6.45, 7) is 1.79. The Bertz CT molecular complexity index is 1000. The molecule has 0 aliphatic rings. The number of anilines is 1. The molecule has 3 rings (SSSR count). The van der Waals surface area contributed by atoms with Gasteiger partial charge in [0.2, 0.25) is 5.96 Å². The lowest BCUT2D eigenvalue weighted by Gasteiger charge is -2.07. The predicted octanol–water partition coefficient (Wildman–Crippen LogP) is 2.48. The highest BCUT2D eigenvalue weighted by atomic mass is 16.1. The first-order valence-electron chi connectivity index (χ1n) is 7.93. The maximum absolute atomic E-state index is 12.4. The third-order valence-corrected chi connectivity index (χ3v) is 3.74.